The van der Waals surface area contributed by atoms with Crippen LogP contribution in [0.4, 0.5) is 4.79 Å². The molecule has 3 rings (SSSR count). The van der Waals surface area contributed by atoms with Crippen LogP contribution in [0.3, 0.4) is 0 Å². The van der Waals surface area contributed by atoms with Crippen LogP contribution in [-0.4, -0.2) is 52.4 Å². The fraction of sp³-hybridized carbons (Fsp3) is 0.846. The number of hydrogen-bond donors (Lipinski definition) is 0. The third-order valence-corrected chi connectivity index (χ3v) is 5.66. The monoisotopic (exact) mass is 268 g/mol. The van der Waals surface area contributed by atoms with E-state index in [0.29, 0.717) is 25.4 Å². The lowest BCUT2D eigenvalue weighted by atomic mass is 10.2. The maximum absolute atomic E-state index is 12.3. The van der Waals surface area contributed by atoms with Crippen molar-refractivity contribution in [3.8, 4) is 0 Å². The number of urea groups is 1. The maximum Gasteiger partial charge on any atom is 0.326 e. The average Bonchev–Trinajstić information content (AvgIpc) is 3.24. The molecule has 0 N–H and O–H groups in total. The van der Waals surface area contributed by atoms with Gasteiger partial charge in [0, 0.05) is 30.8 Å². The van der Waals surface area contributed by atoms with Gasteiger partial charge in [-0.3, -0.25) is 9.69 Å². The smallest absolute Gasteiger partial charge is 0.323 e. The summed E-state index contributed by atoms with van der Waals surface area (Å²) in [6, 6.07) is -0.0431. The molecule has 1 heterocycles. The molecule has 4 nitrogen and oxygen atoms in total. The van der Waals surface area contributed by atoms with E-state index in [0.717, 1.165) is 19.4 Å². The molecule has 3 aliphatic rings. The van der Waals surface area contributed by atoms with Crippen molar-refractivity contribution >= 4 is 23.7 Å². The second-order valence-electron chi connectivity index (χ2n) is 5.79. The molecule has 1 saturated heterocycles. The summed E-state index contributed by atoms with van der Waals surface area (Å²) in [5.74, 6) is 0.715. The zero-order chi connectivity index (χ0) is 12.8. The van der Waals surface area contributed by atoms with Crippen LogP contribution in [0.1, 0.15) is 32.1 Å². The predicted molar refractivity (Wildman–Crippen MR) is 71.5 cm³/mol. The van der Waals surface area contributed by atoms with Crippen LogP contribution < -0.4 is 0 Å². The molecule has 3 fully saturated rings. The number of imide groups is 1. The standard InChI is InChI=1S/C13H20N2O2S/c1-18-13(5-6-13)9-15-11(16)4-7-14(12(15)17)8-10-2-3-10/h10H,2-9H2,1H3. The highest BCUT2D eigenvalue weighted by Gasteiger charge is 2.47. The summed E-state index contributed by atoms with van der Waals surface area (Å²) in [5, 5.41) is 0. The molecule has 0 aromatic rings. The SMILES string of the molecule is CSC1(CN2C(=O)CCN(CC3CC3)C2=O)CC1. The van der Waals surface area contributed by atoms with Crippen LogP contribution in [-0.2, 0) is 4.79 Å². The first-order valence-corrected chi connectivity index (χ1v) is 8.00. The predicted octanol–water partition coefficient (Wildman–Crippen LogP) is 1.95. The lowest BCUT2D eigenvalue weighted by molar-refractivity contribution is -0.131. The highest BCUT2D eigenvalue weighted by atomic mass is 32.2. The minimum Gasteiger partial charge on any atom is -0.323 e. The molecule has 0 spiro atoms. The van der Waals surface area contributed by atoms with Gasteiger partial charge in [-0.25, -0.2) is 4.79 Å². The minimum absolute atomic E-state index is 0.0207. The quantitative estimate of drug-likeness (QED) is 0.765. The van der Waals surface area contributed by atoms with Gasteiger partial charge in [0.25, 0.3) is 0 Å². The summed E-state index contributed by atoms with van der Waals surface area (Å²) in [6.45, 7) is 2.10. The van der Waals surface area contributed by atoms with Gasteiger partial charge in [-0.05, 0) is 37.9 Å². The van der Waals surface area contributed by atoms with E-state index < -0.39 is 0 Å². The first-order valence-electron chi connectivity index (χ1n) is 6.78. The van der Waals surface area contributed by atoms with Gasteiger partial charge in [-0.2, -0.15) is 11.8 Å². The lowest BCUT2D eigenvalue weighted by Gasteiger charge is -2.35. The van der Waals surface area contributed by atoms with E-state index in [1.807, 2.05) is 4.90 Å². The Balaban J connectivity index is 1.65. The first-order chi connectivity index (χ1) is 8.63. The van der Waals surface area contributed by atoms with Crippen molar-refractivity contribution in [2.75, 3.05) is 25.9 Å². The van der Waals surface area contributed by atoms with Gasteiger partial charge < -0.3 is 4.90 Å². The van der Waals surface area contributed by atoms with Gasteiger partial charge in [0.15, 0.2) is 0 Å². The molecule has 0 radical (unpaired) electrons. The van der Waals surface area contributed by atoms with Crippen LogP contribution in [0.15, 0.2) is 0 Å². The molecule has 2 saturated carbocycles. The summed E-state index contributed by atoms with van der Waals surface area (Å²) < 4.78 is 0.175. The molecule has 3 amide bonds. The number of hydrogen-bond acceptors (Lipinski definition) is 3. The molecule has 0 atom stereocenters. The van der Waals surface area contributed by atoms with Gasteiger partial charge >= 0.3 is 6.03 Å². The Kier molecular flexibility index (Phi) is 3.04. The summed E-state index contributed by atoms with van der Waals surface area (Å²) in [5.41, 5.74) is 0. The Morgan fingerprint density at radius 1 is 1.33 bits per heavy atom. The summed E-state index contributed by atoms with van der Waals surface area (Å²) in [4.78, 5) is 27.7. The number of carbonyl (C=O) groups excluding carboxylic acids is 2. The molecular formula is C13H20N2O2S. The maximum atomic E-state index is 12.3. The second-order valence-corrected chi connectivity index (χ2v) is 7.06. The molecule has 100 valence electrons. The molecule has 0 bridgehead atoms. The van der Waals surface area contributed by atoms with Crippen molar-refractivity contribution < 1.29 is 9.59 Å². The van der Waals surface area contributed by atoms with Crippen molar-refractivity contribution in [2.45, 2.75) is 36.9 Å². The van der Waals surface area contributed by atoms with E-state index in [1.165, 1.54) is 17.7 Å². The van der Waals surface area contributed by atoms with E-state index in [4.69, 9.17) is 0 Å². The second kappa shape index (κ2) is 4.44. The highest BCUT2D eigenvalue weighted by Crippen LogP contribution is 2.48. The van der Waals surface area contributed by atoms with Crippen LogP contribution >= 0.6 is 11.8 Å². The normalized spacial score (nSPS) is 26.7. The molecular weight excluding hydrogens is 248 g/mol. The molecule has 1 aliphatic heterocycles. The van der Waals surface area contributed by atoms with Crippen molar-refractivity contribution in [1.29, 1.82) is 0 Å². The Morgan fingerprint density at radius 2 is 2.06 bits per heavy atom. The van der Waals surface area contributed by atoms with Crippen LogP contribution in [0, 0.1) is 5.92 Å². The zero-order valence-electron chi connectivity index (χ0n) is 10.9. The number of nitrogens with zero attached hydrogens (tertiary/aromatic N) is 2. The summed E-state index contributed by atoms with van der Waals surface area (Å²) >= 11 is 1.80. The van der Waals surface area contributed by atoms with Crippen molar-refractivity contribution in [3.05, 3.63) is 0 Å². The third-order valence-electron chi connectivity index (χ3n) is 4.26. The highest BCUT2D eigenvalue weighted by molar-refractivity contribution is 8.00. The summed E-state index contributed by atoms with van der Waals surface area (Å²) in [7, 11) is 0. The van der Waals surface area contributed by atoms with Crippen molar-refractivity contribution in [3.63, 3.8) is 0 Å². The fourth-order valence-electron chi connectivity index (χ4n) is 2.53. The Hall–Kier alpha value is -0.710. The first kappa shape index (κ1) is 12.3. The van der Waals surface area contributed by atoms with Crippen LogP contribution in [0.2, 0.25) is 0 Å². The number of carbonyl (C=O) groups is 2. The average molecular weight is 268 g/mol. The molecule has 18 heavy (non-hydrogen) atoms. The number of amides is 3. The van der Waals surface area contributed by atoms with Gasteiger partial charge in [-0.15, -0.1) is 0 Å². The summed E-state index contributed by atoms with van der Waals surface area (Å²) in [6.07, 6.45) is 7.33. The molecule has 0 aromatic heterocycles. The van der Waals surface area contributed by atoms with Crippen LogP contribution in [0.25, 0.3) is 0 Å². The number of thioether (sulfide) groups is 1. The van der Waals surface area contributed by atoms with Gasteiger partial charge in [-0.1, -0.05) is 0 Å². The van der Waals surface area contributed by atoms with Crippen molar-refractivity contribution in [2.24, 2.45) is 5.92 Å². The molecule has 2 aliphatic carbocycles. The van der Waals surface area contributed by atoms with E-state index in [1.54, 1.807) is 11.8 Å². The zero-order valence-corrected chi connectivity index (χ0v) is 11.7. The van der Waals surface area contributed by atoms with Gasteiger partial charge in [0.05, 0.1) is 0 Å². The van der Waals surface area contributed by atoms with E-state index in [9.17, 15) is 9.59 Å². The fourth-order valence-corrected chi connectivity index (χ4v) is 3.30. The largest absolute Gasteiger partial charge is 0.326 e. The van der Waals surface area contributed by atoms with E-state index >= 15 is 0 Å². The Morgan fingerprint density at radius 3 is 2.61 bits per heavy atom. The third kappa shape index (κ3) is 2.37. The Labute approximate surface area is 112 Å². The van der Waals surface area contributed by atoms with Gasteiger partial charge in [0.2, 0.25) is 5.91 Å². The van der Waals surface area contributed by atoms with Crippen LogP contribution in [0.5, 0.6) is 0 Å². The van der Waals surface area contributed by atoms with E-state index in [-0.39, 0.29) is 16.7 Å². The minimum atomic E-state index is -0.0431. The van der Waals surface area contributed by atoms with Crippen molar-refractivity contribution in [1.82, 2.24) is 9.80 Å². The molecule has 5 heteroatoms. The Bertz CT molecular complexity index is 377. The molecule has 0 unspecified atom stereocenters. The van der Waals surface area contributed by atoms with Gasteiger partial charge in [0.1, 0.15) is 0 Å². The topological polar surface area (TPSA) is 40.6 Å². The lowest BCUT2D eigenvalue weighted by Crippen LogP contribution is -2.54. The number of rotatable bonds is 5. The molecule has 0 aromatic carbocycles. The van der Waals surface area contributed by atoms with E-state index in [2.05, 4.69) is 6.26 Å².